The van der Waals surface area contributed by atoms with Gasteiger partial charge >= 0.3 is 5.69 Å². The lowest BCUT2D eigenvalue weighted by Crippen LogP contribution is -2.62. The number of rotatable bonds is 5. The second kappa shape index (κ2) is 5.68. The fraction of sp³-hybridized carbons (Fsp3) is 0.714. The normalized spacial score (nSPS) is 23.0. The molecular weight excluding hydrogens is 288 g/mol. The first-order valence-corrected chi connectivity index (χ1v) is 7.29. The Balaban J connectivity index is 2.20. The molecule has 1 fully saturated rings. The Bertz CT molecular complexity index is 596. The van der Waals surface area contributed by atoms with Crippen molar-refractivity contribution in [3.8, 4) is 0 Å². The van der Waals surface area contributed by atoms with E-state index in [1.807, 2.05) is 20.8 Å². The molecule has 8 heteroatoms. The van der Waals surface area contributed by atoms with Crippen LogP contribution in [0.2, 0.25) is 0 Å². The topological polar surface area (TPSA) is 101 Å². The molecular formula is C14H22N4O4. The number of aromatic nitrogens is 2. The van der Waals surface area contributed by atoms with E-state index in [0.717, 1.165) is 6.42 Å². The quantitative estimate of drug-likeness (QED) is 0.661. The molecule has 0 spiro atoms. The van der Waals surface area contributed by atoms with E-state index in [9.17, 15) is 14.9 Å². The van der Waals surface area contributed by atoms with Crippen molar-refractivity contribution in [3.05, 3.63) is 21.5 Å². The summed E-state index contributed by atoms with van der Waals surface area (Å²) in [7, 11) is 1.66. The number of hydrogen-bond acceptors (Lipinski definition) is 5. The zero-order valence-corrected chi connectivity index (χ0v) is 13.5. The Labute approximate surface area is 129 Å². The lowest BCUT2D eigenvalue weighted by molar-refractivity contribution is -0.385. The molecule has 1 heterocycles. The van der Waals surface area contributed by atoms with E-state index < -0.39 is 10.8 Å². The second-order valence-electron chi connectivity index (χ2n) is 6.24. The zero-order valence-electron chi connectivity index (χ0n) is 13.5. The molecule has 0 saturated heterocycles. The molecule has 1 saturated carbocycles. The largest absolute Gasteiger partial charge is 0.378 e. The van der Waals surface area contributed by atoms with Gasteiger partial charge in [0.25, 0.3) is 5.91 Å². The van der Waals surface area contributed by atoms with Gasteiger partial charge in [-0.2, -0.15) is 5.10 Å². The Morgan fingerprint density at radius 2 is 2.23 bits per heavy atom. The number of H-pyrrole nitrogens is 1. The van der Waals surface area contributed by atoms with Crippen LogP contribution < -0.4 is 0 Å². The first-order valence-electron chi connectivity index (χ1n) is 7.29. The Morgan fingerprint density at radius 3 is 2.73 bits per heavy atom. The van der Waals surface area contributed by atoms with Gasteiger partial charge in [-0.3, -0.25) is 20.0 Å². The summed E-state index contributed by atoms with van der Waals surface area (Å²) < 4.78 is 5.66. The van der Waals surface area contributed by atoms with Crippen molar-refractivity contribution in [1.82, 2.24) is 15.1 Å². The summed E-state index contributed by atoms with van der Waals surface area (Å²) >= 11 is 0. The SMILES string of the molecule is CCO[C@@H]1C[C@@H](N(C)C(=O)c2n[nH]c(C)c2[N+](=O)[O-])C1(C)C. The molecule has 1 aliphatic rings. The summed E-state index contributed by atoms with van der Waals surface area (Å²) in [5, 5.41) is 17.4. The van der Waals surface area contributed by atoms with Gasteiger partial charge in [0.05, 0.1) is 11.0 Å². The number of aryl methyl sites for hydroxylation is 1. The van der Waals surface area contributed by atoms with Crippen LogP contribution in [0.4, 0.5) is 5.69 Å². The first kappa shape index (κ1) is 16.4. The molecule has 1 aromatic heterocycles. The number of nitrogens with one attached hydrogen (secondary N) is 1. The Hall–Kier alpha value is -1.96. The molecule has 22 heavy (non-hydrogen) atoms. The van der Waals surface area contributed by atoms with Crippen molar-refractivity contribution in [2.45, 2.75) is 46.3 Å². The van der Waals surface area contributed by atoms with Crippen LogP contribution in [0, 0.1) is 22.5 Å². The number of nitrogens with zero attached hydrogens (tertiary/aromatic N) is 3. The molecule has 1 aliphatic carbocycles. The molecule has 8 nitrogen and oxygen atoms in total. The third-order valence-electron chi connectivity index (χ3n) is 4.58. The highest BCUT2D eigenvalue weighted by Crippen LogP contribution is 2.45. The second-order valence-corrected chi connectivity index (χ2v) is 6.24. The van der Waals surface area contributed by atoms with Crippen LogP contribution in [0.3, 0.4) is 0 Å². The standard InChI is InChI=1S/C14H22N4O4/c1-6-22-10-7-9(14(10,3)4)17(5)13(19)11-12(18(20)21)8(2)15-16-11/h9-10H,6-7H2,1-5H3,(H,15,16)/t9-,10-/m1/s1. The summed E-state index contributed by atoms with van der Waals surface area (Å²) in [5.41, 5.74) is -0.307. The van der Waals surface area contributed by atoms with Crippen molar-refractivity contribution in [2.24, 2.45) is 5.41 Å². The number of carbonyl (C=O) groups excluding carboxylic acids is 1. The predicted octanol–water partition coefficient (Wildman–Crippen LogP) is 1.90. The highest BCUT2D eigenvalue weighted by molar-refractivity contribution is 5.96. The summed E-state index contributed by atoms with van der Waals surface area (Å²) in [6.07, 6.45) is 0.814. The van der Waals surface area contributed by atoms with Crippen LogP contribution >= 0.6 is 0 Å². The van der Waals surface area contributed by atoms with Crippen molar-refractivity contribution in [1.29, 1.82) is 0 Å². The molecule has 2 atom stereocenters. The molecule has 0 aliphatic heterocycles. The molecule has 1 N–H and O–H groups in total. The average molecular weight is 310 g/mol. The number of amides is 1. The Kier molecular flexibility index (Phi) is 4.23. The van der Waals surface area contributed by atoms with Gasteiger partial charge in [-0.15, -0.1) is 0 Å². The minimum Gasteiger partial charge on any atom is -0.378 e. The van der Waals surface area contributed by atoms with Gasteiger partial charge in [-0.05, 0) is 20.3 Å². The van der Waals surface area contributed by atoms with Gasteiger partial charge in [0.15, 0.2) is 0 Å². The van der Waals surface area contributed by atoms with E-state index in [-0.39, 0.29) is 34.6 Å². The average Bonchev–Trinajstić information content (AvgIpc) is 2.83. The summed E-state index contributed by atoms with van der Waals surface area (Å²) in [6.45, 7) is 8.17. The smallest absolute Gasteiger partial charge is 0.322 e. The third-order valence-corrected chi connectivity index (χ3v) is 4.58. The molecule has 0 radical (unpaired) electrons. The molecule has 2 rings (SSSR count). The van der Waals surface area contributed by atoms with E-state index in [0.29, 0.717) is 6.61 Å². The monoisotopic (exact) mass is 310 g/mol. The fourth-order valence-corrected chi connectivity index (χ4v) is 3.11. The third kappa shape index (κ3) is 2.47. The highest BCUT2D eigenvalue weighted by atomic mass is 16.6. The molecule has 0 aromatic carbocycles. The lowest BCUT2D eigenvalue weighted by atomic mass is 9.63. The van der Waals surface area contributed by atoms with Gasteiger partial charge < -0.3 is 9.64 Å². The molecule has 0 unspecified atom stereocenters. The summed E-state index contributed by atoms with van der Waals surface area (Å²) in [4.78, 5) is 24.6. The lowest BCUT2D eigenvalue weighted by Gasteiger charge is -2.54. The number of aromatic amines is 1. The van der Waals surface area contributed by atoms with Crippen molar-refractivity contribution in [3.63, 3.8) is 0 Å². The number of carbonyl (C=O) groups is 1. The number of nitro groups is 1. The summed E-state index contributed by atoms with van der Waals surface area (Å²) in [5.74, 6) is -0.441. The number of hydrogen-bond donors (Lipinski definition) is 1. The van der Waals surface area contributed by atoms with Gasteiger partial charge in [0.1, 0.15) is 5.69 Å². The maximum atomic E-state index is 12.6. The molecule has 1 aromatic rings. The molecule has 0 bridgehead atoms. The molecule has 122 valence electrons. The van der Waals surface area contributed by atoms with E-state index in [2.05, 4.69) is 10.2 Å². The zero-order chi connectivity index (χ0) is 16.7. The van der Waals surface area contributed by atoms with Crippen LogP contribution in [-0.4, -0.2) is 51.7 Å². The van der Waals surface area contributed by atoms with E-state index in [4.69, 9.17) is 4.74 Å². The van der Waals surface area contributed by atoms with E-state index >= 15 is 0 Å². The van der Waals surface area contributed by atoms with Gasteiger partial charge in [0, 0.05) is 25.1 Å². The van der Waals surface area contributed by atoms with Crippen LogP contribution in [0.1, 0.15) is 43.4 Å². The van der Waals surface area contributed by atoms with Crippen LogP contribution in [0.15, 0.2) is 0 Å². The van der Waals surface area contributed by atoms with Gasteiger partial charge in [0.2, 0.25) is 5.69 Å². The van der Waals surface area contributed by atoms with Crippen molar-refractivity contribution >= 4 is 11.6 Å². The number of ether oxygens (including phenoxy) is 1. The van der Waals surface area contributed by atoms with Gasteiger partial charge in [-0.1, -0.05) is 13.8 Å². The first-order chi connectivity index (χ1) is 10.2. The maximum Gasteiger partial charge on any atom is 0.322 e. The highest BCUT2D eigenvalue weighted by Gasteiger charge is 2.52. The van der Waals surface area contributed by atoms with Crippen LogP contribution in [0.25, 0.3) is 0 Å². The fourth-order valence-electron chi connectivity index (χ4n) is 3.11. The minimum atomic E-state index is -0.575. The minimum absolute atomic E-state index is 0.0341. The van der Waals surface area contributed by atoms with E-state index in [1.165, 1.54) is 11.8 Å². The Morgan fingerprint density at radius 1 is 1.59 bits per heavy atom. The molecule has 1 amide bonds. The predicted molar refractivity (Wildman–Crippen MR) is 79.7 cm³/mol. The van der Waals surface area contributed by atoms with Crippen molar-refractivity contribution in [2.75, 3.05) is 13.7 Å². The van der Waals surface area contributed by atoms with Crippen LogP contribution in [0.5, 0.6) is 0 Å². The van der Waals surface area contributed by atoms with Crippen molar-refractivity contribution < 1.29 is 14.5 Å². The van der Waals surface area contributed by atoms with Crippen LogP contribution in [-0.2, 0) is 4.74 Å². The summed E-state index contributed by atoms with van der Waals surface area (Å²) in [6, 6.07) is -0.0341. The maximum absolute atomic E-state index is 12.6. The van der Waals surface area contributed by atoms with E-state index in [1.54, 1.807) is 7.05 Å². The van der Waals surface area contributed by atoms with Gasteiger partial charge in [-0.25, -0.2) is 0 Å².